The summed E-state index contributed by atoms with van der Waals surface area (Å²) in [5.41, 5.74) is 6.57. The smallest absolute Gasteiger partial charge is 0.402 e. The molecule has 0 spiro atoms. The molecule has 0 aliphatic carbocycles. The number of unbranched alkanes of at least 4 members (excludes halogenated alkanes) is 3. The van der Waals surface area contributed by atoms with Crippen LogP contribution in [0.15, 0.2) is 18.2 Å². The van der Waals surface area contributed by atoms with Gasteiger partial charge < -0.3 is 10.8 Å². The number of hydrogen-bond donors (Lipinski definition) is 2. The van der Waals surface area contributed by atoms with Crippen molar-refractivity contribution in [2.75, 3.05) is 0 Å². The van der Waals surface area contributed by atoms with Crippen LogP contribution in [0.1, 0.15) is 43.7 Å². The van der Waals surface area contributed by atoms with Crippen molar-refractivity contribution in [3.05, 3.63) is 34.3 Å². The number of benzene rings is 1. The van der Waals surface area contributed by atoms with Crippen molar-refractivity contribution in [2.24, 2.45) is 5.73 Å². The molecule has 1 aromatic rings. The van der Waals surface area contributed by atoms with Crippen LogP contribution in [0, 0.1) is 6.92 Å². The Balaban J connectivity index is 0.000000631. The van der Waals surface area contributed by atoms with Crippen LogP contribution in [0.5, 0.6) is 0 Å². The summed E-state index contributed by atoms with van der Waals surface area (Å²) in [5.74, 6) is 0. The first-order chi connectivity index (χ1) is 8.47. The van der Waals surface area contributed by atoms with Gasteiger partial charge in [0.2, 0.25) is 0 Å². The Hall–Kier alpha value is -1.22. The molecule has 4 heteroatoms. The summed E-state index contributed by atoms with van der Waals surface area (Å²) >= 11 is 6.14. The number of rotatable bonds is 5. The Morgan fingerprint density at radius 2 is 1.94 bits per heavy atom. The fraction of sp³-hybridized carbons (Fsp3) is 0.500. The molecule has 0 heterocycles. The topological polar surface area (TPSA) is 63.3 Å². The summed E-state index contributed by atoms with van der Waals surface area (Å²) in [5, 5.41) is 8.13. The van der Waals surface area contributed by atoms with Crippen molar-refractivity contribution in [3.63, 3.8) is 0 Å². The largest absolute Gasteiger partial charge is 0.465 e. The lowest BCUT2D eigenvalue weighted by atomic mass is 10.0. The molecule has 3 nitrogen and oxygen atoms in total. The summed E-state index contributed by atoms with van der Waals surface area (Å²) in [6.45, 7) is 4.31. The van der Waals surface area contributed by atoms with Gasteiger partial charge in [0.15, 0.2) is 0 Å². The van der Waals surface area contributed by atoms with Crippen LogP contribution in [0.3, 0.4) is 0 Å². The van der Waals surface area contributed by atoms with Gasteiger partial charge in [-0.05, 0) is 37.0 Å². The number of amides is 1. The van der Waals surface area contributed by atoms with Gasteiger partial charge >= 0.3 is 6.09 Å². The van der Waals surface area contributed by atoms with E-state index in [1.165, 1.54) is 36.8 Å². The zero-order valence-electron chi connectivity index (χ0n) is 11.1. The molecule has 0 aromatic heterocycles. The van der Waals surface area contributed by atoms with Gasteiger partial charge in [0, 0.05) is 5.02 Å². The van der Waals surface area contributed by atoms with Crippen molar-refractivity contribution >= 4 is 17.7 Å². The molecule has 0 saturated carbocycles. The fourth-order valence-corrected chi connectivity index (χ4v) is 1.93. The van der Waals surface area contributed by atoms with E-state index in [4.69, 9.17) is 21.5 Å². The van der Waals surface area contributed by atoms with E-state index in [-0.39, 0.29) is 0 Å². The lowest BCUT2D eigenvalue weighted by Gasteiger charge is -2.04. The normalized spacial score (nSPS) is 9.50. The lowest BCUT2D eigenvalue weighted by molar-refractivity contribution is 0.205. The molecule has 1 amide bonds. The minimum Gasteiger partial charge on any atom is -0.465 e. The zero-order chi connectivity index (χ0) is 14.0. The third-order valence-corrected chi connectivity index (χ3v) is 2.86. The number of carbonyl (C=O) groups is 1. The van der Waals surface area contributed by atoms with Gasteiger partial charge in [-0.15, -0.1) is 0 Å². The highest BCUT2D eigenvalue weighted by Gasteiger charge is 1.99. The van der Waals surface area contributed by atoms with Crippen LogP contribution >= 0.6 is 11.6 Å². The molecule has 3 N–H and O–H groups in total. The molecule has 0 aliphatic rings. The molecular weight excluding hydrogens is 250 g/mol. The van der Waals surface area contributed by atoms with E-state index in [9.17, 15) is 0 Å². The zero-order valence-corrected chi connectivity index (χ0v) is 11.8. The molecule has 1 aromatic carbocycles. The van der Waals surface area contributed by atoms with Crippen LogP contribution < -0.4 is 5.73 Å². The predicted octanol–water partition coefficient (Wildman–Crippen LogP) is 4.39. The van der Waals surface area contributed by atoms with Crippen molar-refractivity contribution in [2.45, 2.75) is 46.0 Å². The Morgan fingerprint density at radius 3 is 2.44 bits per heavy atom. The van der Waals surface area contributed by atoms with Crippen LogP contribution in [0.2, 0.25) is 5.02 Å². The van der Waals surface area contributed by atoms with E-state index in [1.54, 1.807) is 0 Å². The molecule has 1 rings (SSSR count). The summed E-state index contributed by atoms with van der Waals surface area (Å²) in [6.07, 6.45) is 5.00. The number of carboxylic acid groups (broad SMARTS) is 1. The molecule has 0 radical (unpaired) electrons. The van der Waals surface area contributed by atoms with Gasteiger partial charge in [-0.25, -0.2) is 4.79 Å². The lowest BCUT2D eigenvalue weighted by Crippen LogP contribution is -2.03. The molecule has 0 saturated heterocycles. The maximum absolute atomic E-state index is 8.78. The maximum Gasteiger partial charge on any atom is 0.402 e. The van der Waals surface area contributed by atoms with Crippen LogP contribution in [0.4, 0.5) is 4.79 Å². The minimum absolute atomic E-state index is 0.932. The van der Waals surface area contributed by atoms with Gasteiger partial charge in [0.25, 0.3) is 0 Å². The van der Waals surface area contributed by atoms with Crippen molar-refractivity contribution < 1.29 is 9.90 Å². The van der Waals surface area contributed by atoms with Gasteiger partial charge in [0.05, 0.1) is 0 Å². The van der Waals surface area contributed by atoms with E-state index in [1.807, 2.05) is 0 Å². The quantitative estimate of drug-likeness (QED) is 0.780. The first kappa shape index (κ1) is 16.8. The highest BCUT2D eigenvalue weighted by atomic mass is 35.5. The van der Waals surface area contributed by atoms with Gasteiger partial charge in [-0.1, -0.05) is 49.9 Å². The molecule has 0 aliphatic heterocycles. The summed E-state index contributed by atoms with van der Waals surface area (Å²) in [7, 11) is 0. The van der Waals surface area contributed by atoms with Gasteiger partial charge in [-0.3, -0.25) is 0 Å². The first-order valence-electron chi connectivity index (χ1n) is 6.20. The van der Waals surface area contributed by atoms with Crippen LogP contribution in [0.25, 0.3) is 0 Å². The number of halogens is 1. The summed E-state index contributed by atoms with van der Waals surface area (Å²) in [6, 6.07) is 6.35. The number of aryl methyl sites for hydroxylation is 2. The highest BCUT2D eigenvalue weighted by Crippen LogP contribution is 2.19. The van der Waals surface area contributed by atoms with Crippen LogP contribution in [-0.4, -0.2) is 11.2 Å². The standard InChI is InChI=1S/C13H19Cl.CH3NO2/c1-3-4-5-6-7-12-9-8-11(2)10-13(12)14;2-1(3)4/h8-10H,3-7H2,1-2H3;2H2,(H,3,4). The Kier molecular flexibility index (Phi) is 9.11. The van der Waals surface area contributed by atoms with Crippen LogP contribution in [-0.2, 0) is 6.42 Å². The van der Waals surface area contributed by atoms with Crippen molar-refractivity contribution in [1.82, 2.24) is 0 Å². The Morgan fingerprint density at radius 1 is 1.33 bits per heavy atom. The second-order valence-corrected chi connectivity index (χ2v) is 4.65. The molecule has 0 unspecified atom stereocenters. The molecule has 102 valence electrons. The summed E-state index contributed by atoms with van der Waals surface area (Å²) < 4.78 is 0. The highest BCUT2D eigenvalue weighted by molar-refractivity contribution is 6.31. The Labute approximate surface area is 114 Å². The second-order valence-electron chi connectivity index (χ2n) is 4.24. The maximum atomic E-state index is 8.78. The molecular formula is C14H22ClNO2. The van der Waals surface area contributed by atoms with E-state index in [0.717, 1.165) is 11.4 Å². The molecule has 18 heavy (non-hydrogen) atoms. The summed E-state index contributed by atoms with van der Waals surface area (Å²) in [4.78, 5) is 8.78. The fourth-order valence-electron chi connectivity index (χ4n) is 1.60. The average Bonchev–Trinajstić information content (AvgIpc) is 2.26. The van der Waals surface area contributed by atoms with Crippen molar-refractivity contribution in [3.8, 4) is 0 Å². The van der Waals surface area contributed by atoms with Gasteiger partial charge in [0.1, 0.15) is 0 Å². The minimum atomic E-state index is -1.33. The first-order valence-corrected chi connectivity index (χ1v) is 6.58. The third-order valence-electron chi connectivity index (χ3n) is 2.51. The second kappa shape index (κ2) is 9.77. The monoisotopic (exact) mass is 271 g/mol. The van der Waals surface area contributed by atoms with E-state index < -0.39 is 6.09 Å². The van der Waals surface area contributed by atoms with E-state index in [0.29, 0.717) is 0 Å². The molecule has 0 atom stereocenters. The van der Waals surface area contributed by atoms with E-state index >= 15 is 0 Å². The predicted molar refractivity (Wildman–Crippen MR) is 76.2 cm³/mol. The third kappa shape index (κ3) is 8.88. The van der Waals surface area contributed by atoms with E-state index in [2.05, 4.69) is 37.8 Å². The van der Waals surface area contributed by atoms with Gasteiger partial charge in [-0.2, -0.15) is 0 Å². The number of nitrogens with two attached hydrogens (primary N) is 1. The molecule has 0 fully saturated rings. The number of hydrogen-bond acceptors (Lipinski definition) is 1. The average molecular weight is 272 g/mol. The SMILES string of the molecule is CCCCCCc1ccc(C)cc1Cl.NC(=O)O. The molecule has 0 bridgehead atoms. The Bertz CT molecular complexity index is 363. The number of primary amides is 1. The van der Waals surface area contributed by atoms with Crippen molar-refractivity contribution in [1.29, 1.82) is 0 Å².